The van der Waals surface area contributed by atoms with Crippen LogP contribution in [0.25, 0.3) is 0 Å². The lowest BCUT2D eigenvalue weighted by Crippen LogP contribution is -1.97. The second-order valence-electron chi connectivity index (χ2n) is 1.47. The molecule has 1 atom stereocenters. The van der Waals surface area contributed by atoms with Gasteiger partial charge in [-0.05, 0) is 5.82 Å². The minimum atomic E-state index is 0.366. The van der Waals surface area contributed by atoms with E-state index in [1.165, 1.54) is 0 Å². The molecule has 0 amide bonds. The largest absolute Gasteiger partial charge is 0.442 e. The summed E-state index contributed by atoms with van der Waals surface area (Å²) in [7, 11) is 3.37. The minimum Gasteiger partial charge on any atom is -0.442 e. The zero-order valence-corrected chi connectivity index (χ0v) is 4.85. The summed E-state index contributed by atoms with van der Waals surface area (Å²) >= 11 is 0. The Balaban J connectivity index is 2.98. The van der Waals surface area contributed by atoms with Crippen LogP contribution in [0.1, 0.15) is 6.92 Å². The molecule has 7 heavy (non-hydrogen) atoms. The summed E-state index contributed by atoms with van der Waals surface area (Å²) in [6.45, 7) is 5.58. The van der Waals surface area contributed by atoms with Gasteiger partial charge in [0.25, 0.3) is 7.48 Å². The molecule has 0 heterocycles. The molecule has 0 rings (SSSR count). The summed E-state index contributed by atoms with van der Waals surface area (Å²) in [4.78, 5) is 0. The lowest BCUT2D eigenvalue weighted by atomic mass is 9.82. The Morgan fingerprint density at radius 2 is 2.43 bits per heavy atom. The molecule has 0 saturated heterocycles. The van der Waals surface area contributed by atoms with Gasteiger partial charge in [-0.3, -0.25) is 0 Å². The van der Waals surface area contributed by atoms with Gasteiger partial charge in [0.15, 0.2) is 0 Å². The summed E-state index contributed by atoms with van der Waals surface area (Å²) in [6.07, 6.45) is 1.82. The van der Waals surface area contributed by atoms with Crippen LogP contribution in [0.15, 0.2) is 12.7 Å². The van der Waals surface area contributed by atoms with E-state index < -0.39 is 0 Å². The molecule has 0 aliphatic carbocycles. The Labute approximate surface area is 45.6 Å². The standard InChI is InChI=1S/C5H10BO/c1-4-5(2)6-7-3/h4-5H,1H2,2-3H3. The summed E-state index contributed by atoms with van der Waals surface area (Å²) in [5.74, 6) is 0.366. The van der Waals surface area contributed by atoms with Crippen molar-refractivity contribution in [3.8, 4) is 0 Å². The Morgan fingerprint density at radius 1 is 1.86 bits per heavy atom. The molecule has 0 aromatic heterocycles. The second kappa shape index (κ2) is 3.94. The Kier molecular flexibility index (Phi) is 3.81. The molecule has 0 aromatic carbocycles. The average Bonchev–Trinajstić information content (AvgIpc) is 1.68. The quantitative estimate of drug-likeness (QED) is 0.380. The van der Waals surface area contributed by atoms with Crippen molar-refractivity contribution in [2.75, 3.05) is 7.11 Å². The number of hydrogen-bond acceptors (Lipinski definition) is 1. The molecule has 0 aliphatic rings. The lowest BCUT2D eigenvalue weighted by molar-refractivity contribution is 0.437. The van der Waals surface area contributed by atoms with Crippen LogP contribution in [0.3, 0.4) is 0 Å². The lowest BCUT2D eigenvalue weighted by Gasteiger charge is -1.96. The van der Waals surface area contributed by atoms with Crippen LogP contribution in [0.5, 0.6) is 0 Å². The maximum Gasteiger partial charge on any atom is 0.299 e. The van der Waals surface area contributed by atoms with Crippen molar-refractivity contribution in [3.05, 3.63) is 12.7 Å². The van der Waals surface area contributed by atoms with E-state index in [2.05, 4.69) is 6.58 Å². The SMILES string of the molecule is C=CC(C)[B]OC. The number of allylic oxidation sites excluding steroid dienone is 1. The van der Waals surface area contributed by atoms with Crippen molar-refractivity contribution in [3.63, 3.8) is 0 Å². The molecule has 2 heteroatoms. The topological polar surface area (TPSA) is 9.23 Å². The predicted octanol–water partition coefficient (Wildman–Crippen LogP) is 1.25. The molecule has 0 spiro atoms. The smallest absolute Gasteiger partial charge is 0.299 e. The van der Waals surface area contributed by atoms with Crippen LogP contribution in [0.4, 0.5) is 0 Å². The van der Waals surface area contributed by atoms with E-state index in [0.717, 1.165) is 0 Å². The van der Waals surface area contributed by atoms with Crippen LogP contribution >= 0.6 is 0 Å². The first-order valence-corrected chi connectivity index (χ1v) is 2.30. The normalized spacial score (nSPS) is 12.9. The molecule has 0 saturated carbocycles. The minimum absolute atomic E-state index is 0.366. The van der Waals surface area contributed by atoms with E-state index in [1.54, 1.807) is 14.6 Å². The van der Waals surface area contributed by atoms with Crippen molar-refractivity contribution in [2.24, 2.45) is 0 Å². The second-order valence-corrected chi connectivity index (χ2v) is 1.47. The van der Waals surface area contributed by atoms with Gasteiger partial charge in [-0.2, -0.15) is 0 Å². The molecule has 0 aliphatic heterocycles. The molecule has 0 N–H and O–H groups in total. The van der Waals surface area contributed by atoms with Crippen LogP contribution < -0.4 is 0 Å². The summed E-state index contributed by atoms with van der Waals surface area (Å²) in [5.41, 5.74) is 0. The van der Waals surface area contributed by atoms with Crippen molar-refractivity contribution in [2.45, 2.75) is 12.7 Å². The van der Waals surface area contributed by atoms with Gasteiger partial charge in [0, 0.05) is 7.11 Å². The van der Waals surface area contributed by atoms with Crippen LogP contribution in [-0.2, 0) is 4.65 Å². The summed E-state index contributed by atoms with van der Waals surface area (Å²) in [6, 6.07) is 0. The van der Waals surface area contributed by atoms with Gasteiger partial charge in [-0.1, -0.05) is 13.0 Å². The fraction of sp³-hybridized carbons (Fsp3) is 0.600. The first-order chi connectivity index (χ1) is 3.31. The molecule has 39 valence electrons. The molecule has 0 fully saturated rings. The fourth-order valence-corrected chi connectivity index (χ4v) is 0.270. The zero-order valence-electron chi connectivity index (χ0n) is 4.85. The van der Waals surface area contributed by atoms with E-state index in [-0.39, 0.29) is 0 Å². The molecule has 1 radical (unpaired) electrons. The molecular weight excluding hydrogens is 86.9 g/mol. The third-order valence-corrected chi connectivity index (χ3v) is 0.723. The average molecular weight is 96.9 g/mol. The molecule has 0 aromatic rings. The third-order valence-electron chi connectivity index (χ3n) is 0.723. The zero-order chi connectivity index (χ0) is 5.70. The van der Waals surface area contributed by atoms with E-state index in [9.17, 15) is 0 Å². The Bertz CT molecular complexity index is 54.0. The first kappa shape index (κ1) is 6.76. The molecular formula is C5H10BO. The van der Waals surface area contributed by atoms with Gasteiger partial charge in [0.1, 0.15) is 0 Å². The Morgan fingerprint density at radius 3 is 2.57 bits per heavy atom. The summed E-state index contributed by atoms with van der Waals surface area (Å²) < 4.78 is 4.70. The molecule has 0 bridgehead atoms. The highest BCUT2D eigenvalue weighted by Crippen LogP contribution is 1.98. The van der Waals surface area contributed by atoms with Gasteiger partial charge in [-0.25, -0.2) is 0 Å². The van der Waals surface area contributed by atoms with Crippen molar-refractivity contribution in [1.82, 2.24) is 0 Å². The van der Waals surface area contributed by atoms with Crippen LogP contribution in [0.2, 0.25) is 5.82 Å². The van der Waals surface area contributed by atoms with Gasteiger partial charge in [0.2, 0.25) is 0 Å². The summed E-state index contributed by atoms with van der Waals surface area (Å²) in [5, 5.41) is 0. The van der Waals surface area contributed by atoms with Crippen molar-refractivity contribution in [1.29, 1.82) is 0 Å². The third kappa shape index (κ3) is 3.60. The first-order valence-electron chi connectivity index (χ1n) is 2.30. The van der Waals surface area contributed by atoms with Crippen molar-refractivity contribution >= 4 is 7.48 Å². The molecule has 1 nitrogen and oxygen atoms in total. The van der Waals surface area contributed by atoms with Crippen LogP contribution in [0, 0.1) is 0 Å². The maximum atomic E-state index is 4.70. The van der Waals surface area contributed by atoms with E-state index in [0.29, 0.717) is 5.82 Å². The van der Waals surface area contributed by atoms with Gasteiger partial charge < -0.3 is 4.65 Å². The highest BCUT2D eigenvalue weighted by atomic mass is 16.4. The van der Waals surface area contributed by atoms with Crippen molar-refractivity contribution < 1.29 is 4.65 Å². The monoisotopic (exact) mass is 97.1 g/mol. The van der Waals surface area contributed by atoms with Gasteiger partial charge >= 0.3 is 0 Å². The van der Waals surface area contributed by atoms with E-state index in [4.69, 9.17) is 4.65 Å². The predicted molar refractivity (Wildman–Crippen MR) is 32.4 cm³/mol. The van der Waals surface area contributed by atoms with Gasteiger partial charge in [-0.15, -0.1) is 6.58 Å². The van der Waals surface area contributed by atoms with Gasteiger partial charge in [0.05, 0.1) is 0 Å². The number of hydrogen-bond donors (Lipinski definition) is 0. The highest BCUT2D eigenvalue weighted by Gasteiger charge is 1.94. The highest BCUT2D eigenvalue weighted by molar-refractivity contribution is 6.30. The number of rotatable bonds is 3. The van der Waals surface area contributed by atoms with E-state index in [1.807, 2.05) is 13.0 Å². The van der Waals surface area contributed by atoms with Crippen LogP contribution in [-0.4, -0.2) is 14.6 Å². The maximum absolute atomic E-state index is 4.70. The van der Waals surface area contributed by atoms with E-state index >= 15 is 0 Å². The molecule has 1 unspecified atom stereocenters. The fourth-order valence-electron chi connectivity index (χ4n) is 0.270. The Hall–Kier alpha value is -0.235.